The van der Waals surface area contributed by atoms with E-state index in [0.29, 0.717) is 6.04 Å². The van der Waals surface area contributed by atoms with Crippen molar-refractivity contribution in [3.63, 3.8) is 0 Å². The Bertz CT molecular complexity index is 675. The molecule has 0 amide bonds. The van der Waals surface area contributed by atoms with Crippen molar-refractivity contribution in [1.82, 2.24) is 4.90 Å². The molecule has 0 radical (unpaired) electrons. The van der Waals surface area contributed by atoms with Gasteiger partial charge in [0.15, 0.2) is 0 Å². The molecular weight excluding hydrogens is 298 g/mol. The van der Waals surface area contributed by atoms with Crippen molar-refractivity contribution in [2.75, 3.05) is 36.5 Å². The van der Waals surface area contributed by atoms with Gasteiger partial charge in [-0.25, -0.2) is 0 Å². The first-order chi connectivity index (χ1) is 11.9. The standard InChI is InChI=1S/C19H23N5/c1-2-4-16(5-3-1)20-22-21-17-6-8-18(9-7-17)24-15-14-23-12-10-19(24)11-13-23/h1-9,19H,10-15H2,(H,20,21). The van der Waals surface area contributed by atoms with Crippen LogP contribution in [0.15, 0.2) is 64.9 Å². The number of nitrogens with one attached hydrogen (secondary N) is 1. The first kappa shape index (κ1) is 15.1. The molecular formula is C19H23N5. The molecule has 2 aromatic rings. The highest BCUT2D eigenvalue weighted by Gasteiger charge is 2.28. The minimum Gasteiger partial charge on any atom is -0.367 e. The first-order valence-electron chi connectivity index (χ1n) is 8.69. The molecule has 124 valence electrons. The van der Waals surface area contributed by atoms with E-state index in [2.05, 4.69) is 37.7 Å². The highest BCUT2D eigenvalue weighted by molar-refractivity contribution is 5.53. The van der Waals surface area contributed by atoms with Crippen molar-refractivity contribution < 1.29 is 0 Å². The number of para-hydroxylation sites is 1. The lowest BCUT2D eigenvalue weighted by atomic mass is 10.0. The first-order valence-corrected chi connectivity index (χ1v) is 8.69. The van der Waals surface area contributed by atoms with E-state index >= 15 is 0 Å². The predicted octanol–water partition coefficient (Wildman–Crippen LogP) is 4.08. The number of anilines is 2. The molecule has 2 bridgehead atoms. The molecule has 0 saturated carbocycles. The van der Waals surface area contributed by atoms with Crippen LogP contribution >= 0.6 is 0 Å². The van der Waals surface area contributed by atoms with Gasteiger partial charge in [-0.3, -0.25) is 5.43 Å². The Morgan fingerprint density at radius 3 is 2.33 bits per heavy atom. The van der Waals surface area contributed by atoms with Crippen LogP contribution in [0.1, 0.15) is 12.8 Å². The Balaban J connectivity index is 1.41. The van der Waals surface area contributed by atoms with Crippen LogP contribution in [-0.4, -0.2) is 37.1 Å². The van der Waals surface area contributed by atoms with Crippen LogP contribution in [-0.2, 0) is 0 Å². The lowest BCUT2D eigenvalue weighted by Crippen LogP contribution is -2.37. The van der Waals surface area contributed by atoms with Gasteiger partial charge < -0.3 is 9.80 Å². The van der Waals surface area contributed by atoms with E-state index in [9.17, 15) is 0 Å². The Morgan fingerprint density at radius 2 is 1.58 bits per heavy atom. The minimum atomic E-state index is 0.691. The molecule has 0 aliphatic carbocycles. The SMILES string of the molecule is c1ccc(NN=Nc2ccc(N3CCN4CCC3CC4)cc2)cc1. The molecule has 3 fully saturated rings. The summed E-state index contributed by atoms with van der Waals surface area (Å²) in [6.07, 6.45) is 2.56. The second-order valence-electron chi connectivity index (χ2n) is 6.46. The largest absolute Gasteiger partial charge is 0.367 e. The molecule has 3 aliphatic heterocycles. The second-order valence-corrected chi connectivity index (χ2v) is 6.46. The van der Waals surface area contributed by atoms with Crippen molar-refractivity contribution in [2.45, 2.75) is 18.9 Å². The van der Waals surface area contributed by atoms with E-state index < -0.39 is 0 Å². The van der Waals surface area contributed by atoms with Gasteiger partial charge in [0, 0.05) is 37.9 Å². The Kier molecular flexibility index (Phi) is 4.42. The van der Waals surface area contributed by atoms with E-state index in [1.807, 2.05) is 42.5 Å². The molecule has 5 heteroatoms. The zero-order valence-electron chi connectivity index (χ0n) is 13.8. The maximum absolute atomic E-state index is 4.24. The van der Waals surface area contributed by atoms with Crippen LogP contribution in [0.3, 0.4) is 0 Å². The summed E-state index contributed by atoms with van der Waals surface area (Å²) in [4.78, 5) is 5.14. The molecule has 3 heterocycles. The molecule has 5 rings (SSSR count). The van der Waals surface area contributed by atoms with Gasteiger partial charge >= 0.3 is 0 Å². The summed E-state index contributed by atoms with van der Waals surface area (Å²) in [6.45, 7) is 4.80. The number of nitrogens with zero attached hydrogens (tertiary/aromatic N) is 4. The fraction of sp³-hybridized carbons (Fsp3) is 0.368. The van der Waals surface area contributed by atoms with Crippen molar-refractivity contribution >= 4 is 17.1 Å². The number of hydrogen-bond donors (Lipinski definition) is 1. The third kappa shape index (κ3) is 3.41. The van der Waals surface area contributed by atoms with Crippen LogP contribution in [0, 0.1) is 0 Å². The predicted molar refractivity (Wildman–Crippen MR) is 97.8 cm³/mol. The summed E-state index contributed by atoms with van der Waals surface area (Å²) in [5.74, 6) is 0. The topological polar surface area (TPSA) is 43.2 Å². The van der Waals surface area contributed by atoms with Gasteiger partial charge in [0.25, 0.3) is 0 Å². The zero-order chi connectivity index (χ0) is 16.2. The normalized spacial score (nSPS) is 23.4. The number of fused-ring (bicyclic) bond motifs is 4. The van der Waals surface area contributed by atoms with Gasteiger partial charge in [0.2, 0.25) is 0 Å². The van der Waals surface area contributed by atoms with Crippen molar-refractivity contribution in [1.29, 1.82) is 0 Å². The Hall–Kier alpha value is -2.40. The summed E-state index contributed by atoms with van der Waals surface area (Å²) in [7, 11) is 0. The molecule has 0 spiro atoms. The average Bonchev–Trinajstić information content (AvgIpc) is 2.97. The van der Waals surface area contributed by atoms with Gasteiger partial charge in [0.1, 0.15) is 0 Å². The Labute approximate surface area is 143 Å². The van der Waals surface area contributed by atoms with Gasteiger partial charge in [0.05, 0.1) is 11.4 Å². The van der Waals surface area contributed by atoms with Crippen LogP contribution in [0.25, 0.3) is 0 Å². The number of rotatable bonds is 4. The molecule has 5 nitrogen and oxygen atoms in total. The highest BCUT2D eigenvalue weighted by atomic mass is 15.4. The highest BCUT2D eigenvalue weighted by Crippen LogP contribution is 2.28. The van der Waals surface area contributed by atoms with Crippen LogP contribution in [0.2, 0.25) is 0 Å². The van der Waals surface area contributed by atoms with Crippen molar-refractivity contribution in [3.8, 4) is 0 Å². The van der Waals surface area contributed by atoms with Gasteiger partial charge in [-0.15, -0.1) is 5.11 Å². The van der Waals surface area contributed by atoms with E-state index in [4.69, 9.17) is 0 Å². The zero-order valence-corrected chi connectivity index (χ0v) is 13.8. The van der Waals surface area contributed by atoms with Crippen LogP contribution in [0.5, 0.6) is 0 Å². The van der Waals surface area contributed by atoms with Gasteiger partial charge in [-0.05, 0) is 49.2 Å². The molecule has 24 heavy (non-hydrogen) atoms. The summed E-state index contributed by atoms with van der Waals surface area (Å²) < 4.78 is 0. The second kappa shape index (κ2) is 7.01. The molecule has 0 aromatic heterocycles. The molecule has 1 N–H and O–H groups in total. The third-order valence-electron chi connectivity index (χ3n) is 4.95. The number of hydrogen-bond acceptors (Lipinski definition) is 4. The fourth-order valence-electron chi connectivity index (χ4n) is 3.59. The summed E-state index contributed by atoms with van der Waals surface area (Å²) in [5.41, 5.74) is 6.05. The lowest BCUT2D eigenvalue weighted by molar-refractivity contribution is 0.250. The van der Waals surface area contributed by atoms with E-state index in [0.717, 1.165) is 17.9 Å². The minimum absolute atomic E-state index is 0.691. The third-order valence-corrected chi connectivity index (χ3v) is 4.95. The number of benzene rings is 2. The molecule has 3 aliphatic rings. The van der Waals surface area contributed by atoms with Crippen molar-refractivity contribution in [3.05, 3.63) is 54.6 Å². The molecule has 0 unspecified atom stereocenters. The quantitative estimate of drug-likeness (QED) is 0.681. The average molecular weight is 321 g/mol. The van der Waals surface area contributed by atoms with E-state index in [1.165, 1.54) is 38.2 Å². The monoisotopic (exact) mass is 321 g/mol. The molecule has 3 saturated heterocycles. The van der Waals surface area contributed by atoms with Crippen LogP contribution in [0.4, 0.5) is 17.1 Å². The summed E-state index contributed by atoms with van der Waals surface area (Å²) >= 11 is 0. The van der Waals surface area contributed by atoms with Gasteiger partial charge in [-0.2, -0.15) is 0 Å². The number of piperidine rings is 1. The van der Waals surface area contributed by atoms with Gasteiger partial charge in [-0.1, -0.05) is 23.4 Å². The van der Waals surface area contributed by atoms with Crippen LogP contribution < -0.4 is 10.3 Å². The molecule has 0 atom stereocenters. The van der Waals surface area contributed by atoms with E-state index in [-0.39, 0.29) is 0 Å². The maximum atomic E-state index is 4.24. The molecule has 2 aromatic carbocycles. The lowest BCUT2D eigenvalue weighted by Gasteiger charge is -2.33. The van der Waals surface area contributed by atoms with Crippen molar-refractivity contribution in [2.24, 2.45) is 10.3 Å². The smallest absolute Gasteiger partial charge is 0.0875 e. The summed E-state index contributed by atoms with van der Waals surface area (Å²) in [6, 6.07) is 19.0. The summed E-state index contributed by atoms with van der Waals surface area (Å²) in [5, 5.41) is 8.30. The van der Waals surface area contributed by atoms with E-state index in [1.54, 1.807) is 0 Å². The maximum Gasteiger partial charge on any atom is 0.0875 e. The fourth-order valence-corrected chi connectivity index (χ4v) is 3.59. The Morgan fingerprint density at radius 1 is 0.833 bits per heavy atom.